The summed E-state index contributed by atoms with van der Waals surface area (Å²) in [6, 6.07) is 19.2. The molecular weight excluding hydrogens is 454 g/mol. The van der Waals surface area contributed by atoms with Crippen molar-refractivity contribution in [3.8, 4) is 11.5 Å². The highest BCUT2D eigenvalue weighted by Gasteiger charge is 2.47. The lowest BCUT2D eigenvalue weighted by molar-refractivity contribution is -0.132. The summed E-state index contributed by atoms with van der Waals surface area (Å²) < 4.78 is 10.5. The summed E-state index contributed by atoms with van der Waals surface area (Å²) in [4.78, 5) is 28.2. The second-order valence-corrected chi connectivity index (χ2v) is 9.92. The van der Waals surface area contributed by atoms with Crippen LogP contribution in [0.3, 0.4) is 0 Å². The molecule has 1 aliphatic rings. The minimum Gasteiger partial charge on any atom is -0.507 e. The van der Waals surface area contributed by atoms with E-state index in [4.69, 9.17) is 9.47 Å². The Morgan fingerprint density at radius 2 is 1.44 bits per heavy atom. The first-order valence-corrected chi connectivity index (χ1v) is 11.8. The minimum absolute atomic E-state index is 0.0487. The summed E-state index contributed by atoms with van der Waals surface area (Å²) in [5, 5.41) is 11.4. The summed E-state index contributed by atoms with van der Waals surface area (Å²) in [6.45, 7) is 8.19. The van der Waals surface area contributed by atoms with Crippen LogP contribution in [-0.4, -0.2) is 31.0 Å². The van der Waals surface area contributed by atoms with E-state index < -0.39 is 17.7 Å². The molecule has 1 saturated heterocycles. The Balaban J connectivity index is 1.92. The zero-order valence-corrected chi connectivity index (χ0v) is 21.5. The molecule has 1 heterocycles. The first-order valence-electron chi connectivity index (χ1n) is 11.8. The number of carbonyl (C=O) groups is 2. The number of amides is 1. The SMILES string of the molecule is COc1ccc(N2C(=O)C(=O)/C(=C(\O)c3ccc(OC)cc3C)C2c2ccc(C(C)(C)C)cc2)cc1. The Kier molecular flexibility index (Phi) is 6.63. The zero-order chi connectivity index (χ0) is 26.2. The number of nitrogens with zero attached hydrogens (tertiary/aromatic N) is 1. The van der Waals surface area contributed by atoms with Gasteiger partial charge in [-0.05, 0) is 71.5 Å². The molecule has 6 nitrogen and oxygen atoms in total. The second kappa shape index (κ2) is 9.53. The molecule has 1 N–H and O–H groups in total. The van der Waals surface area contributed by atoms with E-state index in [-0.39, 0.29) is 16.7 Å². The molecule has 3 aromatic rings. The molecular formula is C30H31NO5. The van der Waals surface area contributed by atoms with Crippen molar-refractivity contribution in [1.82, 2.24) is 0 Å². The minimum atomic E-state index is -0.797. The molecule has 186 valence electrons. The van der Waals surface area contributed by atoms with Gasteiger partial charge in [0.15, 0.2) is 0 Å². The van der Waals surface area contributed by atoms with Crippen LogP contribution in [0.25, 0.3) is 5.76 Å². The summed E-state index contributed by atoms with van der Waals surface area (Å²) in [6.07, 6.45) is 0. The molecule has 0 bridgehead atoms. The predicted octanol–water partition coefficient (Wildman–Crippen LogP) is 5.94. The Morgan fingerprint density at radius 3 is 1.97 bits per heavy atom. The van der Waals surface area contributed by atoms with Gasteiger partial charge in [-0.15, -0.1) is 0 Å². The van der Waals surface area contributed by atoms with Gasteiger partial charge in [0.2, 0.25) is 0 Å². The molecule has 1 amide bonds. The highest BCUT2D eigenvalue weighted by molar-refractivity contribution is 6.51. The fourth-order valence-corrected chi connectivity index (χ4v) is 4.50. The molecule has 0 aromatic heterocycles. The molecule has 0 radical (unpaired) electrons. The van der Waals surface area contributed by atoms with Gasteiger partial charge in [0.25, 0.3) is 11.7 Å². The van der Waals surface area contributed by atoms with Crippen LogP contribution >= 0.6 is 0 Å². The molecule has 1 aliphatic heterocycles. The summed E-state index contributed by atoms with van der Waals surface area (Å²) >= 11 is 0. The highest BCUT2D eigenvalue weighted by atomic mass is 16.5. The quantitative estimate of drug-likeness (QED) is 0.275. The fourth-order valence-electron chi connectivity index (χ4n) is 4.50. The molecule has 1 unspecified atom stereocenters. The number of aliphatic hydroxyl groups excluding tert-OH is 1. The van der Waals surface area contributed by atoms with Gasteiger partial charge in [-0.3, -0.25) is 14.5 Å². The molecule has 1 fully saturated rings. The number of aryl methyl sites for hydroxylation is 1. The Bertz CT molecular complexity index is 1330. The average Bonchev–Trinajstić information content (AvgIpc) is 3.13. The van der Waals surface area contributed by atoms with E-state index in [1.165, 1.54) is 4.90 Å². The van der Waals surface area contributed by atoms with Crippen LogP contribution in [0, 0.1) is 6.92 Å². The van der Waals surface area contributed by atoms with Gasteiger partial charge in [0.05, 0.1) is 25.8 Å². The highest BCUT2D eigenvalue weighted by Crippen LogP contribution is 2.43. The number of ether oxygens (including phenoxy) is 2. The van der Waals surface area contributed by atoms with Crippen LogP contribution < -0.4 is 14.4 Å². The number of ketones is 1. The van der Waals surface area contributed by atoms with Crippen LogP contribution in [0.2, 0.25) is 0 Å². The van der Waals surface area contributed by atoms with Crippen LogP contribution in [0.4, 0.5) is 5.69 Å². The average molecular weight is 486 g/mol. The van der Waals surface area contributed by atoms with Crippen molar-refractivity contribution in [3.05, 3.63) is 94.6 Å². The van der Waals surface area contributed by atoms with Gasteiger partial charge in [0.1, 0.15) is 17.3 Å². The Hall–Kier alpha value is -4.06. The fraction of sp³-hybridized carbons (Fsp3) is 0.267. The van der Waals surface area contributed by atoms with E-state index in [9.17, 15) is 14.7 Å². The number of anilines is 1. The van der Waals surface area contributed by atoms with Gasteiger partial charge in [0, 0.05) is 11.3 Å². The molecule has 3 aromatic carbocycles. The summed E-state index contributed by atoms with van der Waals surface area (Å²) in [7, 11) is 3.13. The number of Topliss-reactive ketones (excluding diaryl/α,β-unsaturated/α-hetero) is 1. The molecule has 0 saturated carbocycles. The van der Waals surface area contributed by atoms with E-state index in [1.807, 2.05) is 31.2 Å². The number of hydrogen-bond acceptors (Lipinski definition) is 5. The van der Waals surface area contributed by atoms with Crippen molar-refractivity contribution in [2.24, 2.45) is 0 Å². The Labute approximate surface area is 211 Å². The molecule has 0 aliphatic carbocycles. The third-order valence-corrected chi connectivity index (χ3v) is 6.58. The first kappa shape index (κ1) is 25.0. The van der Waals surface area contributed by atoms with Crippen molar-refractivity contribution < 1.29 is 24.2 Å². The number of carbonyl (C=O) groups excluding carboxylic acids is 2. The first-order chi connectivity index (χ1) is 17.1. The van der Waals surface area contributed by atoms with Crippen molar-refractivity contribution in [2.45, 2.75) is 39.2 Å². The van der Waals surface area contributed by atoms with Gasteiger partial charge in [-0.1, -0.05) is 45.0 Å². The number of aliphatic hydroxyl groups is 1. The van der Waals surface area contributed by atoms with Crippen molar-refractivity contribution in [3.63, 3.8) is 0 Å². The largest absolute Gasteiger partial charge is 0.507 e. The van der Waals surface area contributed by atoms with Gasteiger partial charge < -0.3 is 14.6 Å². The number of benzene rings is 3. The normalized spacial score (nSPS) is 17.4. The predicted molar refractivity (Wildman–Crippen MR) is 141 cm³/mol. The van der Waals surface area contributed by atoms with Crippen LogP contribution in [0.5, 0.6) is 11.5 Å². The lowest BCUT2D eigenvalue weighted by Gasteiger charge is -2.27. The van der Waals surface area contributed by atoms with Crippen molar-refractivity contribution >= 4 is 23.1 Å². The Morgan fingerprint density at radius 1 is 0.861 bits per heavy atom. The molecule has 6 heteroatoms. The van der Waals surface area contributed by atoms with Crippen LogP contribution in [0.1, 0.15) is 49.1 Å². The van der Waals surface area contributed by atoms with Crippen LogP contribution in [-0.2, 0) is 15.0 Å². The third-order valence-electron chi connectivity index (χ3n) is 6.58. The number of rotatable bonds is 5. The molecule has 4 rings (SSSR count). The summed E-state index contributed by atoms with van der Waals surface area (Å²) in [5.74, 6) is -0.372. The smallest absolute Gasteiger partial charge is 0.300 e. The van der Waals surface area contributed by atoms with E-state index in [2.05, 4.69) is 20.8 Å². The van der Waals surface area contributed by atoms with Crippen LogP contribution in [0.15, 0.2) is 72.3 Å². The van der Waals surface area contributed by atoms with Crippen molar-refractivity contribution in [1.29, 1.82) is 0 Å². The van der Waals surface area contributed by atoms with Gasteiger partial charge >= 0.3 is 0 Å². The lowest BCUT2D eigenvalue weighted by Crippen LogP contribution is -2.29. The molecule has 0 spiro atoms. The maximum atomic E-state index is 13.4. The maximum Gasteiger partial charge on any atom is 0.300 e. The lowest BCUT2D eigenvalue weighted by atomic mass is 9.85. The standard InChI is InChI=1S/C30H31NO5/c1-18-17-23(36-6)15-16-24(18)27(32)25-26(19-7-9-20(10-8-19)30(2,3)4)31(29(34)28(25)33)21-11-13-22(35-5)14-12-21/h7-17,26,32H,1-6H3/b27-25-. The zero-order valence-electron chi connectivity index (χ0n) is 21.5. The van der Waals surface area contributed by atoms with E-state index >= 15 is 0 Å². The second-order valence-electron chi connectivity index (χ2n) is 9.92. The monoisotopic (exact) mass is 485 g/mol. The van der Waals surface area contributed by atoms with Gasteiger partial charge in [-0.25, -0.2) is 0 Å². The number of methoxy groups -OCH3 is 2. The van der Waals surface area contributed by atoms with E-state index in [0.717, 1.165) is 16.7 Å². The van der Waals surface area contributed by atoms with Crippen molar-refractivity contribution in [2.75, 3.05) is 19.1 Å². The van der Waals surface area contributed by atoms with Gasteiger partial charge in [-0.2, -0.15) is 0 Å². The summed E-state index contributed by atoms with van der Waals surface area (Å²) in [5.41, 5.74) is 3.57. The molecule has 1 atom stereocenters. The number of hydrogen-bond donors (Lipinski definition) is 1. The maximum absolute atomic E-state index is 13.4. The molecule has 36 heavy (non-hydrogen) atoms. The van der Waals surface area contributed by atoms with E-state index in [0.29, 0.717) is 22.7 Å². The van der Waals surface area contributed by atoms with E-state index in [1.54, 1.807) is 56.7 Å². The third kappa shape index (κ3) is 4.47. The topological polar surface area (TPSA) is 76.1 Å².